The van der Waals surface area contributed by atoms with Crippen molar-refractivity contribution >= 4 is 11.6 Å². The van der Waals surface area contributed by atoms with Gasteiger partial charge in [-0.05, 0) is 43.4 Å². The fourth-order valence-electron chi connectivity index (χ4n) is 3.28. The fraction of sp³-hybridized carbons (Fsp3) is 0.474. The largest absolute Gasteiger partial charge is 0.371 e. The van der Waals surface area contributed by atoms with E-state index >= 15 is 0 Å². The van der Waals surface area contributed by atoms with E-state index in [1.165, 1.54) is 24.1 Å². The summed E-state index contributed by atoms with van der Waals surface area (Å²) in [6, 6.07) is 10.5. The van der Waals surface area contributed by atoms with E-state index in [0.717, 1.165) is 38.0 Å². The number of fused-ring (bicyclic) bond motifs is 1. The minimum Gasteiger partial charge on any atom is -0.371 e. The number of rotatable bonds is 7. The quantitative estimate of drug-likeness (QED) is 0.769. The summed E-state index contributed by atoms with van der Waals surface area (Å²) in [5, 5.41) is 9.98. The van der Waals surface area contributed by atoms with Crippen molar-refractivity contribution in [3.63, 3.8) is 0 Å². The summed E-state index contributed by atoms with van der Waals surface area (Å²) in [6.07, 6.45) is 5.28. The number of hydrogen-bond donors (Lipinski definition) is 2. The molecule has 0 spiro atoms. The molecular weight excluding hydrogens is 300 g/mol. The predicted octanol–water partition coefficient (Wildman–Crippen LogP) is 2.93. The number of aromatic nitrogens is 2. The summed E-state index contributed by atoms with van der Waals surface area (Å²) in [5.41, 5.74) is 4.30. The van der Waals surface area contributed by atoms with Gasteiger partial charge in [0.05, 0.1) is 0 Å². The van der Waals surface area contributed by atoms with Gasteiger partial charge in [0, 0.05) is 31.0 Å². The van der Waals surface area contributed by atoms with Crippen LogP contribution in [0.1, 0.15) is 47.9 Å². The number of carbonyl (C=O) groups excluding carboxylic acids is 1. The zero-order valence-corrected chi connectivity index (χ0v) is 14.3. The molecule has 0 radical (unpaired) electrons. The number of nitrogens with zero attached hydrogens (tertiary/aromatic N) is 2. The van der Waals surface area contributed by atoms with Crippen molar-refractivity contribution in [2.75, 3.05) is 24.5 Å². The molecule has 1 aromatic carbocycles. The van der Waals surface area contributed by atoms with Crippen LogP contribution in [0, 0.1) is 0 Å². The number of nitrogens with one attached hydrogen (secondary N) is 2. The lowest BCUT2D eigenvalue weighted by Gasteiger charge is -2.31. The minimum absolute atomic E-state index is 0.0901. The Labute approximate surface area is 143 Å². The van der Waals surface area contributed by atoms with Crippen molar-refractivity contribution in [3.05, 3.63) is 47.3 Å². The topological polar surface area (TPSA) is 61.0 Å². The highest BCUT2D eigenvalue weighted by molar-refractivity contribution is 5.92. The molecule has 128 valence electrons. The van der Waals surface area contributed by atoms with Gasteiger partial charge in [-0.15, -0.1) is 0 Å². The number of aromatic amines is 1. The Morgan fingerprint density at radius 3 is 3.12 bits per heavy atom. The van der Waals surface area contributed by atoms with Crippen LogP contribution in [-0.4, -0.2) is 35.7 Å². The smallest absolute Gasteiger partial charge is 0.271 e. The number of hydrogen-bond acceptors (Lipinski definition) is 3. The van der Waals surface area contributed by atoms with Gasteiger partial charge < -0.3 is 10.2 Å². The standard InChI is InChI=1S/C19H26N4O/c1-2-7-16-14-17(22-21-16)19(24)20-11-6-13-23-12-5-9-15-8-3-4-10-18(15)23/h3-4,8,10,14H,2,5-7,9,11-13H2,1H3,(H,20,24)(H,21,22). The maximum Gasteiger partial charge on any atom is 0.271 e. The Kier molecular flexibility index (Phi) is 5.51. The summed E-state index contributed by atoms with van der Waals surface area (Å²) in [7, 11) is 0. The van der Waals surface area contributed by atoms with Gasteiger partial charge in [0.25, 0.3) is 5.91 Å². The molecule has 1 aliphatic rings. The lowest BCUT2D eigenvalue weighted by molar-refractivity contribution is 0.0948. The van der Waals surface area contributed by atoms with E-state index in [0.29, 0.717) is 12.2 Å². The average Bonchev–Trinajstić information content (AvgIpc) is 3.08. The number of anilines is 1. The van der Waals surface area contributed by atoms with E-state index in [1.807, 2.05) is 6.07 Å². The first-order valence-electron chi connectivity index (χ1n) is 8.93. The van der Waals surface area contributed by atoms with Gasteiger partial charge in [0.1, 0.15) is 5.69 Å². The first-order chi connectivity index (χ1) is 11.8. The zero-order chi connectivity index (χ0) is 16.8. The lowest BCUT2D eigenvalue weighted by atomic mass is 10.0. The van der Waals surface area contributed by atoms with Crippen LogP contribution in [0.3, 0.4) is 0 Å². The third kappa shape index (κ3) is 3.96. The van der Waals surface area contributed by atoms with E-state index in [4.69, 9.17) is 0 Å². The minimum atomic E-state index is -0.0901. The third-order valence-corrected chi connectivity index (χ3v) is 4.48. The number of aryl methyl sites for hydroxylation is 2. The maximum absolute atomic E-state index is 12.1. The maximum atomic E-state index is 12.1. The SMILES string of the molecule is CCCc1cc(C(=O)NCCCN2CCCc3ccccc32)n[nH]1. The van der Waals surface area contributed by atoms with E-state index in [-0.39, 0.29) is 5.91 Å². The van der Waals surface area contributed by atoms with Crippen LogP contribution in [0.4, 0.5) is 5.69 Å². The van der Waals surface area contributed by atoms with Crippen LogP contribution in [0.15, 0.2) is 30.3 Å². The third-order valence-electron chi connectivity index (χ3n) is 4.48. The molecule has 0 saturated heterocycles. The Balaban J connectivity index is 1.45. The molecule has 0 bridgehead atoms. The van der Waals surface area contributed by atoms with E-state index in [1.54, 1.807) is 0 Å². The molecule has 5 heteroatoms. The van der Waals surface area contributed by atoms with Gasteiger partial charge in [0.15, 0.2) is 0 Å². The van der Waals surface area contributed by atoms with Crippen LogP contribution < -0.4 is 10.2 Å². The Morgan fingerprint density at radius 2 is 2.25 bits per heavy atom. The van der Waals surface area contributed by atoms with Crippen molar-refractivity contribution in [2.24, 2.45) is 0 Å². The second-order valence-electron chi connectivity index (χ2n) is 6.36. The molecule has 0 unspecified atom stereocenters. The van der Waals surface area contributed by atoms with Crippen molar-refractivity contribution in [2.45, 2.75) is 39.0 Å². The Morgan fingerprint density at radius 1 is 1.38 bits per heavy atom. The van der Waals surface area contributed by atoms with Gasteiger partial charge in [-0.1, -0.05) is 31.5 Å². The van der Waals surface area contributed by atoms with Gasteiger partial charge >= 0.3 is 0 Å². The highest BCUT2D eigenvalue weighted by atomic mass is 16.1. The molecule has 24 heavy (non-hydrogen) atoms. The normalized spacial score (nSPS) is 13.6. The molecule has 1 amide bonds. The summed E-state index contributed by atoms with van der Waals surface area (Å²) in [5.74, 6) is -0.0901. The number of carbonyl (C=O) groups is 1. The molecule has 2 heterocycles. The second kappa shape index (κ2) is 7.99. The molecule has 5 nitrogen and oxygen atoms in total. The Bertz CT molecular complexity index is 680. The first-order valence-corrected chi connectivity index (χ1v) is 8.93. The number of H-pyrrole nitrogens is 1. The van der Waals surface area contributed by atoms with Crippen molar-refractivity contribution in [1.29, 1.82) is 0 Å². The van der Waals surface area contributed by atoms with Gasteiger partial charge in [-0.25, -0.2) is 0 Å². The van der Waals surface area contributed by atoms with E-state index < -0.39 is 0 Å². The zero-order valence-electron chi connectivity index (χ0n) is 14.3. The molecule has 0 fully saturated rings. The number of amides is 1. The summed E-state index contributed by atoms with van der Waals surface area (Å²) >= 11 is 0. The Hall–Kier alpha value is -2.30. The molecule has 1 aromatic heterocycles. The number of benzene rings is 1. The van der Waals surface area contributed by atoms with Crippen LogP contribution in [0.25, 0.3) is 0 Å². The second-order valence-corrected chi connectivity index (χ2v) is 6.36. The molecule has 2 N–H and O–H groups in total. The molecule has 0 atom stereocenters. The summed E-state index contributed by atoms with van der Waals surface area (Å²) in [4.78, 5) is 14.5. The van der Waals surface area contributed by atoms with E-state index in [9.17, 15) is 4.79 Å². The molecule has 1 aliphatic heterocycles. The van der Waals surface area contributed by atoms with Crippen LogP contribution >= 0.6 is 0 Å². The van der Waals surface area contributed by atoms with Gasteiger partial charge in [-0.2, -0.15) is 5.10 Å². The first kappa shape index (κ1) is 16.6. The van der Waals surface area contributed by atoms with Crippen LogP contribution in [-0.2, 0) is 12.8 Å². The molecule has 0 saturated carbocycles. The van der Waals surface area contributed by atoms with Crippen LogP contribution in [0.5, 0.6) is 0 Å². The summed E-state index contributed by atoms with van der Waals surface area (Å²) < 4.78 is 0. The summed E-state index contributed by atoms with van der Waals surface area (Å²) in [6.45, 7) is 4.86. The van der Waals surface area contributed by atoms with Gasteiger partial charge in [-0.3, -0.25) is 9.89 Å². The van der Waals surface area contributed by atoms with Crippen molar-refractivity contribution in [1.82, 2.24) is 15.5 Å². The monoisotopic (exact) mass is 326 g/mol. The highest BCUT2D eigenvalue weighted by Crippen LogP contribution is 2.26. The highest BCUT2D eigenvalue weighted by Gasteiger charge is 2.15. The van der Waals surface area contributed by atoms with E-state index in [2.05, 4.69) is 51.6 Å². The fourth-order valence-corrected chi connectivity index (χ4v) is 3.28. The molecule has 3 rings (SSSR count). The number of para-hydroxylation sites is 1. The molecule has 0 aliphatic carbocycles. The van der Waals surface area contributed by atoms with Crippen molar-refractivity contribution in [3.8, 4) is 0 Å². The molecular formula is C19H26N4O. The predicted molar refractivity (Wildman–Crippen MR) is 96.5 cm³/mol. The molecule has 2 aromatic rings. The van der Waals surface area contributed by atoms with Crippen LogP contribution in [0.2, 0.25) is 0 Å². The lowest BCUT2D eigenvalue weighted by Crippen LogP contribution is -2.33. The average molecular weight is 326 g/mol. The van der Waals surface area contributed by atoms with Gasteiger partial charge in [0.2, 0.25) is 0 Å². The van der Waals surface area contributed by atoms with Crippen molar-refractivity contribution < 1.29 is 4.79 Å².